The van der Waals surface area contributed by atoms with E-state index in [1.807, 2.05) is 6.07 Å². The molecule has 3 rings (SSSR count). The topological polar surface area (TPSA) is 61.4 Å². The van der Waals surface area contributed by atoms with Crippen molar-refractivity contribution in [2.24, 2.45) is 0 Å². The van der Waals surface area contributed by atoms with Crippen molar-refractivity contribution in [2.45, 2.75) is 38.2 Å². The molecule has 0 aliphatic carbocycles. The van der Waals surface area contributed by atoms with Gasteiger partial charge in [0.1, 0.15) is 5.82 Å². The number of rotatable bonds is 6. The summed E-state index contributed by atoms with van der Waals surface area (Å²) in [6, 6.07) is 11.4. The van der Waals surface area contributed by atoms with Crippen molar-refractivity contribution in [1.29, 1.82) is 0 Å². The molecule has 3 N–H and O–H groups in total. The molecule has 1 atom stereocenters. The standard InChI is InChI=1S/C19H21FN2O2/c1-2-3-4-11-19(24)16-12-15(9-10-17(16)22-18(19)23)21-14-7-5-13(20)6-8-14/h5-10,12,21,24H,2-4,11H2,1H3,(H,22,23). The van der Waals surface area contributed by atoms with Crippen LogP contribution in [0.2, 0.25) is 0 Å². The van der Waals surface area contributed by atoms with Crippen molar-refractivity contribution in [3.05, 3.63) is 53.8 Å². The van der Waals surface area contributed by atoms with E-state index in [-0.39, 0.29) is 11.7 Å². The molecule has 4 nitrogen and oxygen atoms in total. The minimum Gasteiger partial charge on any atom is -0.375 e. The highest BCUT2D eigenvalue weighted by Crippen LogP contribution is 2.41. The van der Waals surface area contributed by atoms with Crippen LogP contribution in [0.3, 0.4) is 0 Å². The van der Waals surface area contributed by atoms with Gasteiger partial charge in [0.2, 0.25) is 0 Å². The number of halogens is 1. The van der Waals surface area contributed by atoms with Crippen LogP contribution in [0.4, 0.5) is 21.5 Å². The Morgan fingerprint density at radius 2 is 1.83 bits per heavy atom. The van der Waals surface area contributed by atoms with Gasteiger partial charge in [-0.05, 0) is 55.3 Å². The smallest absolute Gasteiger partial charge is 0.261 e. The second-order valence-corrected chi connectivity index (χ2v) is 6.16. The van der Waals surface area contributed by atoms with Crippen LogP contribution in [0.1, 0.15) is 38.2 Å². The molecule has 1 unspecified atom stereocenters. The van der Waals surface area contributed by atoms with Gasteiger partial charge in [-0.15, -0.1) is 0 Å². The van der Waals surface area contributed by atoms with Gasteiger partial charge in [-0.2, -0.15) is 0 Å². The van der Waals surface area contributed by atoms with E-state index in [1.54, 1.807) is 24.3 Å². The largest absolute Gasteiger partial charge is 0.375 e. The molecular weight excluding hydrogens is 307 g/mol. The van der Waals surface area contributed by atoms with Crippen LogP contribution in [0, 0.1) is 5.82 Å². The van der Waals surface area contributed by atoms with Gasteiger partial charge in [0, 0.05) is 22.6 Å². The Bertz CT molecular complexity index is 746. The Morgan fingerprint density at radius 3 is 2.54 bits per heavy atom. The highest BCUT2D eigenvalue weighted by molar-refractivity contribution is 6.05. The third-order valence-corrected chi connectivity index (χ3v) is 4.36. The Kier molecular flexibility index (Phi) is 4.53. The average Bonchev–Trinajstić information content (AvgIpc) is 2.81. The zero-order chi connectivity index (χ0) is 17.2. The lowest BCUT2D eigenvalue weighted by molar-refractivity contribution is -0.134. The second-order valence-electron chi connectivity index (χ2n) is 6.16. The number of hydrogen-bond acceptors (Lipinski definition) is 3. The van der Waals surface area contributed by atoms with Gasteiger partial charge >= 0.3 is 0 Å². The quantitative estimate of drug-likeness (QED) is 0.693. The van der Waals surface area contributed by atoms with Gasteiger partial charge in [0.05, 0.1) is 0 Å². The zero-order valence-electron chi connectivity index (χ0n) is 13.6. The molecule has 1 aliphatic heterocycles. The fourth-order valence-electron chi connectivity index (χ4n) is 3.00. The van der Waals surface area contributed by atoms with E-state index in [9.17, 15) is 14.3 Å². The van der Waals surface area contributed by atoms with Crippen molar-refractivity contribution in [3.8, 4) is 0 Å². The number of fused-ring (bicyclic) bond motifs is 1. The monoisotopic (exact) mass is 328 g/mol. The minimum absolute atomic E-state index is 0.297. The van der Waals surface area contributed by atoms with Gasteiger partial charge in [0.15, 0.2) is 5.60 Å². The van der Waals surface area contributed by atoms with E-state index in [0.717, 1.165) is 30.6 Å². The van der Waals surface area contributed by atoms with E-state index in [0.29, 0.717) is 17.7 Å². The Hall–Kier alpha value is -2.40. The molecule has 5 heteroatoms. The molecule has 0 aromatic heterocycles. The summed E-state index contributed by atoms with van der Waals surface area (Å²) in [6.07, 6.45) is 3.18. The number of anilines is 3. The lowest BCUT2D eigenvalue weighted by Crippen LogP contribution is -2.34. The number of carbonyl (C=O) groups excluding carboxylic acids is 1. The summed E-state index contributed by atoms with van der Waals surface area (Å²) in [5.41, 5.74) is 1.23. The van der Waals surface area contributed by atoms with Crippen LogP contribution in [-0.4, -0.2) is 11.0 Å². The van der Waals surface area contributed by atoms with E-state index < -0.39 is 5.60 Å². The van der Waals surface area contributed by atoms with Gasteiger partial charge in [-0.3, -0.25) is 4.79 Å². The van der Waals surface area contributed by atoms with E-state index in [1.165, 1.54) is 12.1 Å². The molecular formula is C19H21FN2O2. The highest BCUT2D eigenvalue weighted by atomic mass is 19.1. The van der Waals surface area contributed by atoms with E-state index in [2.05, 4.69) is 17.6 Å². The van der Waals surface area contributed by atoms with Gasteiger partial charge in [0.25, 0.3) is 5.91 Å². The number of nitrogens with one attached hydrogen (secondary N) is 2. The molecule has 0 bridgehead atoms. The minimum atomic E-state index is -1.48. The Labute approximate surface area is 140 Å². The number of hydrogen-bond donors (Lipinski definition) is 3. The molecule has 0 spiro atoms. The normalized spacial score (nSPS) is 19.0. The third kappa shape index (κ3) is 3.12. The molecule has 0 radical (unpaired) electrons. The van der Waals surface area contributed by atoms with E-state index in [4.69, 9.17) is 0 Å². The van der Waals surface area contributed by atoms with Crippen LogP contribution >= 0.6 is 0 Å². The van der Waals surface area contributed by atoms with Crippen molar-refractivity contribution < 1.29 is 14.3 Å². The molecule has 2 aromatic carbocycles. The number of aliphatic hydroxyl groups is 1. The fourth-order valence-corrected chi connectivity index (χ4v) is 3.00. The van der Waals surface area contributed by atoms with Crippen LogP contribution < -0.4 is 10.6 Å². The third-order valence-electron chi connectivity index (χ3n) is 4.36. The number of benzene rings is 2. The Balaban J connectivity index is 1.85. The second kappa shape index (κ2) is 6.61. The first-order chi connectivity index (χ1) is 11.5. The average molecular weight is 328 g/mol. The maximum Gasteiger partial charge on any atom is 0.261 e. The van der Waals surface area contributed by atoms with Crippen LogP contribution in [0.5, 0.6) is 0 Å². The molecule has 0 fully saturated rings. The van der Waals surface area contributed by atoms with Crippen molar-refractivity contribution in [1.82, 2.24) is 0 Å². The first-order valence-corrected chi connectivity index (χ1v) is 8.24. The molecule has 0 saturated heterocycles. The zero-order valence-corrected chi connectivity index (χ0v) is 13.6. The SMILES string of the molecule is CCCCCC1(O)C(=O)Nc2ccc(Nc3ccc(F)cc3)cc21. The van der Waals surface area contributed by atoms with Gasteiger partial charge in [-0.25, -0.2) is 4.39 Å². The maximum atomic E-state index is 13.0. The summed E-state index contributed by atoms with van der Waals surface area (Å²) in [4.78, 5) is 12.2. The maximum absolute atomic E-state index is 13.0. The van der Waals surface area contributed by atoms with Crippen molar-refractivity contribution in [3.63, 3.8) is 0 Å². The first-order valence-electron chi connectivity index (χ1n) is 8.24. The summed E-state index contributed by atoms with van der Waals surface area (Å²) >= 11 is 0. The van der Waals surface area contributed by atoms with Crippen LogP contribution in [0.25, 0.3) is 0 Å². The lowest BCUT2D eigenvalue weighted by atomic mass is 9.89. The van der Waals surface area contributed by atoms with Crippen molar-refractivity contribution in [2.75, 3.05) is 10.6 Å². The molecule has 24 heavy (non-hydrogen) atoms. The first kappa shape index (κ1) is 16.5. The molecule has 1 amide bonds. The highest BCUT2D eigenvalue weighted by Gasteiger charge is 2.44. The number of amides is 1. The Morgan fingerprint density at radius 1 is 1.12 bits per heavy atom. The molecule has 0 saturated carbocycles. The molecule has 126 valence electrons. The summed E-state index contributed by atoms with van der Waals surface area (Å²) in [6.45, 7) is 2.08. The van der Waals surface area contributed by atoms with Crippen LogP contribution in [-0.2, 0) is 10.4 Å². The summed E-state index contributed by atoms with van der Waals surface area (Å²) < 4.78 is 13.0. The molecule has 1 aliphatic rings. The predicted octanol–water partition coefficient (Wildman–Crippen LogP) is 4.29. The number of carbonyl (C=O) groups is 1. The summed E-state index contributed by atoms with van der Waals surface area (Å²) in [5.74, 6) is -0.665. The van der Waals surface area contributed by atoms with E-state index >= 15 is 0 Å². The fraction of sp³-hybridized carbons (Fsp3) is 0.316. The van der Waals surface area contributed by atoms with Gasteiger partial charge in [-0.1, -0.05) is 19.8 Å². The predicted molar refractivity (Wildman–Crippen MR) is 92.8 cm³/mol. The van der Waals surface area contributed by atoms with Gasteiger partial charge < -0.3 is 15.7 Å². The molecule has 2 aromatic rings. The lowest BCUT2D eigenvalue weighted by Gasteiger charge is -2.21. The summed E-state index contributed by atoms with van der Waals surface area (Å²) in [5, 5.41) is 16.8. The number of unbranched alkanes of at least 4 members (excludes halogenated alkanes) is 2. The summed E-state index contributed by atoms with van der Waals surface area (Å²) in [7, 11) is 0. The molecule has 1 heterocycles. The van der Waals surface area contributed by atoms with Crippen molar-refractivity contribution >= 4 is 23.0 Å². The van der Waals surface area contributed by atoms with Crippen LogP contribution in [0.15, 0.2) is 42.5 Å².